The molecule has 0 saturated heterocycles. The van der Waals surface area contributed by atoms with Gasteiger partial charge in [0.2, 0.25) is 0 Å². The second-order valence-corrected chi connectivity index (χ2v) is 5.71. The SMILES string of the molecule is CCOC(=O)C(CC)C(=O)C1(OCC)CCCC(C)C1. The summed E-state index contributed by atoms with van der Waals surface area (Å²) in [5, 5.41) is 0. The Morgan fingerprint density at radius 3 is 2.45 bits per heavy atom. The molecule has 0 aliphatic heterocycles. The molecule has 3 unspecified atom stereocenters. The number of hydrogen-bond donors (Lipinski definition) is 0. The van der Waals surface area contributed by atoms with Gasteiger partial charge >= 0.3 is 5.97 Å². The third kappa shape index (κ3) is 3.81. The Labute approximate surface area is 122 Å². The summed E-state index contributed by atoms with van der Waals surface area (Å²) >= 11 is 0. The van der Waals surface area contributed by atoms with Gasteiger partial charge in [0.1, 0.15) is 11.5 Å². The van der Waals surface area contributed by atoms with Crippen LogP contribution in [0.15, 0.2) is 0 Å². The first-order valence-electron chi connectivity index (χ1n) is 7.85. The smallest absolute Gasteiger partial charge is 0.316 e. The normalized spacial score (nSPS) is 27.9. The number of ketones is 1. The van der Waals surface area contributed by atoms with Crippen molar-refractivity contribution in [2.45, 2.75) is 65.4 Å². The first-order valence-corrected chi connectivity index (χ1v) is 7.85. The van der Waals surface area contributed by atoms with Gasteiger partial charge in [-0.15, -0.1) is 0 Å². The fourth-order valence-electron chi connectivity index (χ4n) is 3.22. The Bertz CT molecular complexity index is 335. The lowest BCUT2D eigenvalue weighted by molar-refractivity contribution is -0.165. The van der Waals surface area contributed by atoms with E-state index < -0.39 is 17.5 Å². The molecule has 4 heteroatoms. The summed E-state index contributed by atoms with van der Waals surface area (Å²) in [6.07, 6.45) is 4.01. The Hall–Kier alpha value is -0.900. The van der Waals surface area contributed by atoms with Crippen LogP contribution in [0, 0.1) is 11.8 Å². The van der Waals surface area contributed by atoms with Crippen LogP contribution in [0.2, 0.25) is 0 Å². The van der Waals surface area contributed by atoms with E-state index in [1.807, 2.05) is 13.8 Å². The van der Waals surface area contributed by atoms with Crippen molar-refractivity contribution in [2.75, 3.05) is 13.2 Å². The molecule has 1 aliphatic rings. The average molecular weight is 284 g/mol. The highest BCUT2D eigenvalue weighted by molar-refractivity contribution is 6.03. The van der Waals surface area contributed by atoms with Gasteiger partial charge in [-0.25, -0.2) is 0 Å². The number of carbonyl (C=O) groups excluding carboxylic acids is 2. The van der Waals surface area contributed by atoms with Gasteiger partial charge in [-0.3, -0.25) is 9.59 Å². The van der Waals surface area contributed by atoms with E-state index in [4.69, 9.17) is 9.47 Å². The van der Waals surface area contributed by atoms with Gasteiger partial charge in [-0.05, 0) is 45.4 Å². The first kappa shape index (κ1) is 17.2. The highest BCUT2D eigenvalue weighted by Crippen LogP contribution is 2.38. The molecule has 0 aromatic rings. The third-order valence-corrected chi connectivity index (χ3v) is 4.12. The number of Topliss-reactive ketones (excluding diaryl/α,β-unsaturated/α-hetero) is 1. The molecule has 1 saturated carbocycles. The molecule has 4 nitrogen and oxygen atoms in total. The van der Waals surface area contributed by atoms with Gasteiger partial charge in [0.25, 0.3) is 0 Å². The predicted molar refractivity (Wildman–Crippen MR) is 77.4 cm³/mol. The molecular formula is C16H28O4. The van der Waals surface area contributed by atoms with Crippen LogP contribution >= 0.6 is 0 Å². The Balaban J connectivity index is 2.94. The summed E-state index contributed by atoms with van der Waals surface area (Å²) in [4.78, 5) is 24.9. The number of hydrogen-bond acceptors (Lipinski definition) is 4. The third-order valence-electron chi connectivity index (χ3n) is 4.12. The van der Waals surface area contributed by atoms with Gasteiger partial charge in [0.05, 0.1) is 6.61 Å². The Morgan fingerprint density at radius 1 is 1.25 bits per heavy atom. The van der Waals surface area contributed by atoms with Gasteiger partial charge in [0, 0.05) is 6.61 Å². The number of rotatable bonds is 7. The molecule has 0 radical (unpaired) electrons. The Kier molecular flexibility index (Phi) is 6.66. The van der Waals surface area contributed by atoms with Crippen molar-refractivity contribution in [3.05, 3.63) is 0 Å². The summed E-state index contributed by atoms with van der Waals surface area (Å²) in [6, 6.07) is 0. The van der Waals surface area contributed by atoms with Crippen LogP contribution in [0.25, 0.3) is 0 Å². The molecule has 20 heavy (non-hydrogen) atoms. The molecule has 0 aromatic heterocycles. The summed E-state index contributed by atoms with van der Waals surface area (Å²) in [7, 11) is 0. The zero-order chi connectivity index (χ0) is 15.2. The van der Waals surface area contributed by atoms with Crippen LogP contribution < -0.4 is 0 Å². The minimum atomic E-state index is -0.778. The van der Waals surface area contributed by atoms with E-state index >= 15 is 0 Å². The first-order chi connectivity index (χ1) is 9.50. The lowest BCUT2D eigenvalue weighted by Crippen LogP contribution is -2.50. The summed E-state index contributed by atoms with van der Waals surface area (Å²) in [5.74, 6) is -0.713. The van der Waals surface area contributed by atoms with E-state index in [1.54, 1.807) is 6.92 Å². The van der Waals surface area contributed by atoms with Gasteiger partial charge in [-0.2, -0.15) is 0 Å². The highest BCUT2D eigenvalue weighted by atomic mass is 16.5. The molecule has 1 fully saturated rings. The van der Waals surface area contributed by atoms with Crippen molar-refractivity contribution in [2.24, 2.45) is 11.8 Å². The van der Waals surface area contributed by atoms with E-state index in [0.717, 1.165) is 25.7 Å². The van der Waals surface area contributed by atoms with Crippen molar-refractivity contribution < 1.29 is 19.1 Å². The minimum absolute atomic E-state index is 0.0770. The standard InChI is InChI=1S/C16H28O4/c1-5-13(15(18)19-6-2)14(17)16(20-7-3)10-8-9-12(4)11-16/h12-13H,5-11H2,1-4H3. The van der Waals surface area contributed by atoms with Gasteiger partial charge in [-0.1, -0.05) is 20.3 Å². The second-order valence-electron chi connectivity index (χ2n) is 5.71. The maximum Gasteiger partial charge on any atom is 0.316 e. The predicted octanol–water partition coefficient (Wildman–Crippen LogP) is 3.13. The van der Waals surface area contributed by atoms with Crippen LogP contribution in [0.3, 0.4) is 0 Å². The van der Waals surface area contributed by atoms with Crippen LogP contribution in [-0.2, 0) is 19.1 Å². The van der Waals surface area contributed by atoms with Crippen molar-refractivity contribution in [3.8, 4) is 0 Å². The lowest BCUT2D eigenvalue weighted by Gasteiger charge is -2.39. The fourth-order valence-corrected chi connectivity index (χ4v) is 3.22. The van der Waals surface area contributed by atoms with E-state index in [2.05, 4.69) is 6.92 Å². The van der Waals surface area contributed by atoms with Crippen LogP contribution in [-0.4, -0.2) is 30.6 Å². The molecule has 1 aliphatic carbocycles. The molecular weight excluding hydrogens is 256 g/mol. The topological polar surface area (TPSA) is 52.6 Å². The van der Waals surface area contributed by atoms with Gasteiger partial charge in [0.15, 0.2) is 5.78 Å². The van der Waals surface area contributed by atoms with Crippen LogP contribution in [0.5, 0.6) is 0 Å². The average Bonchev–Trinajstić information content (AvgIpc) is 2.40. The minimum Gasteiger partial charge on any atom is -0.465 e. The fraction of sp³-hybridized carbons (Fsp3) is 0.875. The molecule has 116 valence electrons. The molecule has 1 rings (SSSR count). The molecule has 0 aromatic carbocycles. The number of ether oxygens (including phenoxy) is 2. The number of esters is 1. The monoisotopic (exact) mass is 284 g/mol. The second kappa shape index (κ2) is 7.77. The van der Waals surface area contributed by atoms with Crippen molar-refractivity contribution in [3.63, 3.8) is 0 Å². The quantitative estimate of drug-likeness (QED) is 0.532. The summed E-state index contributed by atoms with van der Waals surface area (Å²) in [6.45, 7) is 8.46. The summed E-state index contributed by atoms with van der Waals surface area (Å²) < 4.78 is 10.9. The van der Waals surface area contributed by atoms with Crippen molar-refractivity contribution in [1.82, 2.24) is 0 Å². The van der Waals surface area contributed by atoms with E-state index in [0.29, 0.717) is 25.6 Å². The maximum atomic E-state index is 12.9. The van der Waals surface area contributed by atoms with E-state index in [-0.39, 0.29) is 5.78 Å². The zero-order valence-electron chi connectivity index (χ0n) is 13.2. The van der Waals surface area contributed by atoms with E-state index in [9.17, 15) is 9.59 Å². The van der Waals surface area contributed by atoms with Crippen LogP contribution in [0.4, 0.5) is 0 Å². The van der Waals surface area contributed by atoms with Crippen molar-refractivity contribution in [1.29, 1.82) is 0 Å². The van der Waals surface area contributed by atoms with Crippen molar-refractivity contribution >= 4 is 11.8 Å². The van der Waals surface area contributed by atoms with Gasteiger partial charge < -0.3 is 9.47 Å². The lowest BCUT2D eigenvalue weighted by atomic mass is 9.73. The zero-order valence-corrected chi connectivity index (χ0v) is 13.2. The summed E-state index contributed by atoms with van der Waals surface area (Å²) in [5.41, 5.74) is -0.778. The maximum absolute atomic E-state index is 12.9. The highest BCUT2D eigenvalue weighted by Gasteiger charge is 2.47. The largest absolute Gasteiger partial charge is 0.465 e. The molecule has 3 atom stereocenters. The molecule has 0 spiro atoms. The number of carbonyl (C=O) groups is 2. The van der Waals surface area contributed by atoms with E-state index in [1.165, 1.54) is 0 Å². The molecule has 0 heterocycles. The molecule has 0 bridgehead atoms. The van der Waals surface area contributed by atoms with Crippen LogP contribution in [0.1, 0.15) is 59.8 Å². The Morgan fingerprint density at radius 2 is 1.95 bits per heavy atom. The molecule has 0 amide bonds. The molecule has 0 N–H and O–H groups in total.